The van der Waals surface area contributed by atoms with Crippen LogP contribution < -0.4 is 0 Å². The Kier molecular flexibility index (Phi) is 3.55. The van der Waals surface area contributed by atoms with Gasteiger partial charge in [0.15, 0.2) is 0 Å². The highest BCUT2D eigenvalue weighted by Gasteiger charge is 2.22. The molecule has 1 N–H and O–H groups in total. The molecule has 0 bridgehead atoms. The molecule has 0 unspecified atom stereocenters. The van der Waals surface area contributed by atoms with E-state index in [0.717, 1.165) is 31.0 Å². The Morgan fingerprint density at radius 2 is 2.26 bits per heavy atom. The quantitative estimate of drug-likeness (QED) is 0.912. The van der Waals surface area contributed by atoms with Crippen LogP contribution in [0.25, 0.3) is 0 Å². The van der Waals surface area contributed by atoms with Crippen LogP contribution in [-0.4, -0.2) is 37.9 Å². The second kappa shape index (κ2) is 5.48. The van der Waals surface area contributed by atoms with Gasteiger partial charge in [0.05, 0.1) is 17.7 Å². The average Bonchev–Trinajstić information content (AvgIpc) is 2.92. The van der Waals surface area contributed by atoms with Gasteiger partial charge in [-0.25, -0.2) is 4.98 Å². The zero-order valence-electron chi connectivity index (χ0n) is 11.2. The highest BCUT2D eigenvalue weighted by molar-refractivity contribution is 5.09. The van der Waals surface area contributed by atoms with Crippen LogP contribution >= 0.6 is 0 Å². The predicted molar refractivity (Wildman–Crippen MR) is 72.6 cm³/mol. The van der Waals surface area contributed by atoms with E-state index in [1.807, 2.05) is 25.5 Å². The molecule has 1 atom stereocenters. The molecule has 5 nitrogen and oxygen atoms in total. The molecule has 1 aliphatic rings. The summed E-state index contributed by atoms with van der Waals surface area (Å²) in [5.41, 5.74) is 3.31. The van der Waals surface area contributed by atoms with Crippen LogP contribution in [0.5, 0.6) is 0 Å². The number of aryl methyl sites for hydroxylation is 1. The van der Waals surface area contributed by atoms with Crippen molar-refractivity contribution in [3.05, 3.63) is 42.0 Å². The molecule has 2 aromatic rings. The monoisotopic (exact) mass is 257 g/mol. The maximum absolute atomic E-state index is 4.62. The minimum atomic E-state index is 0.504. The Balaban J connectivity index is 1.67. The van der Waals surface area contributed by atoms with Crippen LogP contribution in [0.3, 0.4) is 0 Å². The lowest BCUT2D eigenvalue weighted by Gasteiger charge is -2.31. The number of aromatic nitrogens is 4. The van der Waals surface area contributed by atoms with Crippen molar-refractivity contribution >= 4 is 0 Å². The van der Waals surface area contributed by atoms with Gasteiger partial charge in [0.1, 0.15) is 0 Å². The van der Waals surface area contributed by atoms with Gasteiger partial charge in [-0.3, -0.25) is 14.9 Å². The number of imidazole rings is 1. The zero-order chi connectivity index (χ0) is 13.1. The lowest BCUT2D eigenvalue weighted by atomic mass is 9.95. The van der Waals surface area contributed by atoms with Crippen molar-refractivity contribution in [3.63, 3.8) is 0 Å². The molecule has 0 spiro atoms. The highest BCUT2D eigenvalue weighted by atomic mass is 15.1. The molecule has 19 heavy (non-hydrogen) atoms. The number of likely N-dealkylation sites (tertiary alicyclic amines) is 1. The third-order valence-corrected chi connectivity index (χ3v) is 3.65. The predicted octanol–water partition coefficient (Wildman–Crippen LogP) is 1.89. The Hall–Kier alpha value is -1.75. The summed E-state index contributed by atoms with van der Waals surface area (Å²) in [7, 11) is 0. The molecule has 3 rings (SSSR count). The van der Waals surface area contributed by atoms with E-state index in [1.165, 1.54) is 18.5 Å². The normalized spacial score (nSPS) is 20.6. The molecule has 5 heteroatoms. The molecule has 0 saturated carbocycles. The van der Waals surface area contributed by atoms with Gasteiger partial charge in [-0.1, -0.05) is 0 Å². The van der Waals surface area contributed by atoms with E-state index in [4.69, 9.17) is 0 Å². The summed E-state index contributed by atoms with van der Waals surface area (Å²) in [6, 6.07) is 0. The zero-order valence-corrected chi connectivity index (χ0v) is 11.2. The fourth-order valence-corrected chi connectivity index (χ4v) is 2.73. The largest absolute Gasteiger partial charge is 0.347 e. The third-order valence-electron chi connectivity index (χ3n) is 3.65. The van der Waals surface area contributed by atoms with Crippen molar-refractivity contribution in [1.82, 2.24) is 24.8 Å². The van der Waals surface area contributed by atoms with E-state index >= 15 is 0 Å². The standard InChI is InChI=1S/C14H19N5/c1-11-5-15-7-14(18-11)12-3-2-4-19(8-12)9-13-6-16-10-17-13/h5-7,10,12H,2-4,8-9H2,1H3,(H,16,17)/t12-/m0/s1. The van der Waals surface area contributed by atoms with Gasteiger partial charge in [0.25, 0.3) is 0 Å². The van der Waals surface area contributed by atoms with Gasteiger partial charge in [0, 0.05) is 43.3 Å². The maximum atomic E-state index is 4.62. The molecule has 0 aliphatic carbocycles. The molecule has 0 amide bonds. The van der Waals surface area contributed by atoms with Crippen molar-refractivity contribution in [3.8, 4) is 0 Å². The summed E-state index contributed by atoms with van der Waals surface area (Å²) in [5.74, 6) is 0.504. The fraction of sp³-hybridized carbons (Fsp3) is 0.500. The van der Waals surface area contributed by atoms with Crippen LogP contribution in [0.4, 0.5) is 0 Å². The lowest BCUT2D eigenvalue weighted by molar-refractivity contribution is 0.196. The molecule has 1 fully saturated rings. The number of nitrogens with zero attached hydrogens (tertiary/aromatic N) is 4. The molecule has 2 aromatic heterocycles. The minimum Gasteiger partial charge on any atom is -0.347 e. The number of aromatic amines is 1. The van der Waals surface area contributed by atoms with Crippen LogP contribution in [0.15, 0.2) is 24.9 Å². The molecule has 1 aliphatic heterocycles. The van der Waals surface area contributed by atoms with Crippen LogP contribution in [0, 0.1) is 6.92 Å². The van der Waals surface area contributed by atoms with E-state index in [-0.39, 0.29) is 0 Å². The fourth-order valence-electron chi connectivity index (χ4n) is 2.73. The summed E-state index contributed by atoms with van der Waals surface area (Å²) in [6.45, 7) is 5.14. The van der Waals surface area contributed by atoms with Crippen molar-refractivity contribution in [2.45, 2.75) is 32.2 Å². The highest BCUT2D eigenvalue weighted by Crippen LogP contribution is 2.25. The first-order valence-corrected chi connectivity index (χ1v) is 6.79. The Bertz CT molecular complexity index is 522. The number of H-pyrrole nitrogens is 1. The van der Waals surface area contributed by atoms with E-state index in [9.17, 15) is 0 Å². The molecule has 3 heterocycles. The minimum absolute atomic E-state index is 0.504. The van der Waals surface area contributed by atoms with Gasteiger partial charge in [0.2, 0.25) is 0 Å². The van der Waals surface area contributed by atoms with E-state index in [0.29, 0.717) is 5.92 Å². The summed E-state index contributed by atoms with van der Waals surface area (Å²) in [5, 5.41) is 0. The summed E-state index contributed by atoms with van der Waals surface area (Å²) in [4.78, 5) is 18.6. The van der Waals surface area contributed by atoms with Gasteiger partial charge < -0.3 is 4.98 Å². The molecule has 0 aromatic carbocycles. The first-order chi connectivity index (χ1) is 9.31. The van der Waals surface area contributed by atoms with Gasteiger partial charge in [-0.15, -0.1) is 0 Å². The number of hydrogen-bond donors (Lipinski definition) is 1. The van der Waals surface area contributed by atoms with Gasteiger partial charge >= 0.3 is 0 Å². The van der Waals surface area contributed by atoms with Crippen molar-refractivity contribution < 1.29 is 0 Å². The van der Waals surface area contributed by atoms with Crippen molar-refractivity contribution in [2.24, 2.45) is 0 Å². The molecular weight excluding hydrogens is 238 g/mol. The maximum Gasteiger partial charge on any atom is 0.0922 e. The first-order valence-electron chi connectivity index (χ1n) is 6.79. The lowest BCUT2D eigenvalue weighted by Crippen LogP contribution is -2.34. The Morgan fingerprint density at radius 1 is 1.32 bits per heavy atom. The summed E-state index contributed by atoms with van der Waals surface area (Å²) in [6.07, 6.45) is 9.79. The SMILES string of the molecule is Cc1cncc([C@H]2CCCN(Cc3cnc[nH]3)C2)n1. The number of hydrogen-bond acceptors (Lipinski definition) is 4. The van der Waals surface area contributed by atoms with Crippen molar-refractivity contribution in [2.75, 3.05) is 13.1 Å². The van der Waals surface area contributed by atoms with Gasteiger partial charge in [-0.2, -0.15) is 0 Å². The molecule has 1 saturated heterocycles. The van der Waals surface area contributed by atoms with E-state index < -0.39 is 0 Å². The smallest absolute Gasteiger partial charge is 0.0922 e. The second-order valence-electron chi connectivity index (χ2n) is 5.24. The molecule has 100 valence electrons. The Morgan fingerprint density at radius 3 is 3.05 bits per heavy atom. The molecule has 0 radical (unpaired) electrons. The second-order valence-corrected chi connectivity index (χ2v) is 5.24. The van der Waals surface area contributed by atoms with Crippen molar-refractivity contribution in [1.29, 1.82) is 0 Å². The van der Waals surface area contributed by atoms with E-state index in [1.54, 1.807) is 6.33 Å². The number of nitrogens with one attached hydrogen (secondary N) is 1. The molecular formula is C14H19N5. The topological polar surface area (TPSA) is 57.7 Å². The number of rotatable bonds is 3. The summed E-state index contributed by atoms with van der Waals surface area (Å²) >= 11 is 0. The van der Waals surface area contributed by atoms with Crippen LogP contribution in [-0.2, 0) is 6.54 Å². The average molecular weight is 257 g/mol. The van der Waals surface area contributed by atoms with E-state index in [2.05, 4.69) is 24.8 Å². The Labute approximate surface area is 113 Å². The summed E-state index contributed by atoms with van der Waals surface area (Å²) < 4.78 is 0. The number of piperidine rings is 1. The van der Waals surface area contributed by atoms with Gasteiger partial charge in [-0.05, 0) is 26.3 Å². The van der Waals surface area contributed by atoms with Crippen LogP contribution in [0.1, 0.15) is 35.8 Å². The van der Waals surface area contributed by atoms with Crippen LogP contribution in [0.2, 0.25) is 0 Å². The third kappa shape index (κ3) is 2.98. The first kappa shape index (κ1) is 12.3.